The van der Waals surface area contributed by atoms with Crippen LogP contribution in [0.3, 0.4) is 0 Å². The molecule has 1 N–H and O–H groups in total. The van der Waals surface area contributed by atoms with Crippen molar-refractivity contribution in [1.29, 1.82) is 0 Å². The molecular formula is C20H25FN4O4S2. The SMILES string of the molecule is CCN(CC(=O)NCc1ccc(F)cc1)C(=O)CSc1ccc(S(=O)(=O)N(C)C)cn1. The number of halogens is 1. The molecule has 0 spiro atoms. The third-order valence-corrected chi connectivity index (χ3v) is 7.03. The highest BCUT2D eigenvalue weighted by Gasteiger charge is 2.19. The Kier molecular flexibility index (Phi) is 8.96. The van der Waals surface area contributed by atoms with Crippen molar-refractivity contribution < 1.29 is 22.4 Å². The summed E-state index contributed by atoms with van der Waals surface area (Å²) >= 11 is 1.16. The molecule has 1 aromatic heterocycles. The summed E-state index contributed by atoms with van der Waals surface area (Å²) in [4.78, 5) is 30.2. The van der Waals surface area contributed by atoms with Gasteiger partial charge in [-0.05, 0) is 36.8 Å². The summed E-state index contributed by atoms with van der Waals surface area (Å²) in [6, 6.07) is 8.78. The molecule has 0 aliphatic heterocycles. The highest BCUT2D eigenvalue weighted by molar-refractivity contribution is 7.99. The van der Waals surface area contributed by atoms with Crippen LogP contribution in [0.5, 0.6) is 0 Å². The van der Waals surface area contributed by atoms with Crippen molar-refractivity contribution in [3.05, 3.63) is 54.0 Å². The van der Waals surface area contributed by atoms with Gasteiger partial charge in [0.15, 0.2) is 0 Å². The van der Waals surface area contributed by atoms with E-state index in [9.17, 15) is 22.4 Å². The summed E-state index contributed by atoms with van der Waals surface area (Å²) in [5, 5.41) is 3.21. The van der Waals surface area contributed by atoms with Crippen LogP contribution in [0.4, 0.5) is 4.39 Å². The second-order valence-electron chi connectivity index (χ2n) is 6.72. The number of aromatic nitrogens is 1. The molecule has 0 aliphatic rings. The van der Waals surface area contributed by atoms with Crippen LogP contribution in [0, 0.1) is 5.82 Å². The van der Waals surface area contributed by atoms with Crippen LogP contribution in [-0.4, -0.2) is 67.4 Å². The Morgan fingerprint density at radius 2 is 1.81 bits per heavy atom. The van der Waals surface area contributed by atoms with Crippen LogP contribution in [0.2, 0.25) is 0 Å². The lowest BCUT2D eigenvalue weighted by molar-refractivity contribution is -0.133. The molecule has 2 aromatic rings. The fourth-order valence-electron chi connectivity index (χ4n) is 2.45. The fourth-order valence-corrected chi connectivity index (χ4v) is 4.04. The monoisotopic (exact) mass is 468 g/mol. The predicted octanol–water partition coefficient (Wildman–Crippen LogP) is 1.73. The Balaban J connectivity index is 1.85. The maximum absolute atomic E-state index is 12.9. The Hall–Kier alpha value is -2.50. The summed E-state index contributed by atoms with van der Waals surface area (Å²) in [6.45, 7) is 2.28. The van der Waals surface area contributed by atoms with Gasteiger partial charge in [0.05, 0.1) is 17.3 Å². The molecule has 0 bridgehead atoms. The molecule has 2 amide bonds. The van der Waals surface area contributed by atoms with Gasteiger partial charge in [0.1, 0.15) is 10.7 Å². The van der Waals surface area contributed by atoms with Gasteiger partial charge in [-0.1, -0.05) is 23.9 Å². The van der Waals surface area contributed by atoms with Crippen LogP contribution in [0.25, 0.3) is 0 Å². The van der Waals surface area contributed by atoms with Crippen molar-refractivity contribution in [3.63, 3.8) is 0 Å². The highest BCUT2D eigenvalue weighted by atomic mass is 32.2. The lowest BCUT2D eigenvalue weighted by atomic mass is 10.2. The number of thioether (sulfide) groups is 1. The summed E-state index contributed by atoms with van der Waals surface area (Å²) in [7, 11) is -0.688. The Morgan fingerprint density at radius 3 is 2.35 bits per heavy atom. The van der Waals surface area contributed by atoms with Gasteiger partial charge in [0, 0.05) is 33.4 Å². The smallest absolute Gasteiger partial charge is 0.244 e. The average molecular weight is 469 g/mol. The first-order valence-corrected chi connectivity index (χ1v) is 11.9. The van der Waals surface area contributed by atoms with Gasteiger partial charge in [-0.3, -0.25) is 9.59 Å². The minimum Gasteiger partial charge on any atom is -0.350 e. The van der Waals surface area contributed by atoms with Crippen molar-refractivity contribution in [2.45, 2.75) is 23.4 Å². The summed E-state index contributed by atoms with van der Waals surface area (Å²) in [5.41, 5.74) is 0.755. The first kappa shape index (κ1) is 24.8. The lowest BCUT2D eigenvalue weighted by Gasteiger charge is -2.20. The molecule has 0 unspecified atom stereocenters. The minimum atomic E-state index is -3.56. The second kappa shape index (κ2) is 11.2. The molecule has 1 heterocycles. The molecule has 0 atom stereocenters. The van der Waals surface area contributed by atoms with E-state index >= 15 is 0 Å². The zero-order chi connectivity index (χ0) is 23.0. The van der Waals surface area contributed by atoms with Crippen molar-refractivity contribution in [3.8, 4) is 0 Å². The number of nitrogens with one attached hydrogen (secondary N) is 1. The molecule has 0 fully saturated rings. The van der Waals surface area contributed by atoms with E-state index in [0.29, 0.717) is 11.6 Å². The quantitative estimate of drug-likeness (QED) is 0.533. The topological polar surface area (TPSA) is 99.7 Å². The molecule has 0 aliphatic carbocycles. The summed E-state index contributed by atoms with van der Waals surface area (Å²) in [5.74, 6) is -0.845. The number of carbonyl (C=O) groups is 2. The van der Waals surface area contributed by atoms with E-state index in [2.05, 4.69) is 10.3 Å². The van der Waals surface area contributed by atoms with Crippen LogP contribution in [-0.2, 0) is 26.2 Å². The third-order valence-electron chi connectivity index (χ3n) is 4.30. The number of benzene rings is 1. The normalized spacial score (nSPS) is 11.4. The zero-order valence-corrected chi connectivity index (χ0v) is 19.2. The van der Waals surface area contributed by atoms with Gasteiger partial charge < -0.3 is 10.2 Å². The van der Waals surface area contributed by atoms with E-state index in [1.54, 1.807) is 25.1 Å². The minimum absolute atomic E-state index is 0.0614. The lowest BCUT2D eigenvalue weighted by Crippen LogP contribution is -2.41. The fraction of sp³-hybridized carbons (Fsp3) is 0.350. The van der Waals surface area contributed by atoms with Crippen LogP contribution in [0.15, 0.2) is 52.5 Å². The molecule has 168 valence electrons. The van der Waals surface area contributed by atoms with Crippen molar-refractivity contribution in [2.24, 2.45) is 0 Å². The zero-order valence-electron chi connectivity index (χ0n) is 17.5. The van der Waals surface area contributed by atoms with E-state index in [1.807, 2.05) is 0 Å². The van der Waals surface area contributed by atoms with E-state index < -0.39 is 10.0 Å². The molecule has 0 saturated carbocycles. The molecular weight excluding hydrogens is 443 g/mol. The molecule has 8 nitrogen and oxygen atoms in total. The summed E-state index contributed by atoms with van der Waals surface area (Å²) in [6.07, 6.45) is 1.25. The van der Waals surface area contributed by atoms with Gasteiger partial charge >= 0.3 is 0 Å². The van der Waals surface area contributed by atoms with Crippen molar-refractivity contribution in [2.75, 3.05) is 32.9 Å². The number of amides is 2. The highest BCUT2D eigenvalue weighted by Crippen LogP contribution is 2.19. The molecule has 2 rings (SSSR count). The standard InChI is InChI=1S/C20H25FN4O4S2/c1-4-25(13-18(26)22-11-15-5-7-16(21)8-6-15)20(27)14-30-19-10-9-17(12-23-19)31(28,29)24(2)3/h5-10,12H,4,11,13-14H2,1-3H3,(H,22,26). The van der Waals surface area contributed by atoms with Crippen LogP contribution in [0.1, 0.15) is 12.5 Å². The maximum atomic E-state index is 12.9. The van der Waals surface area contributed by atoms with Gasteiger partial charge in [-0.2, -0.15) is 0 Å². The van der Waals surface area contributed by atoms with E-state index in [4.69, 9.17) is 0 Å². The maximum Gasteiger partial charge on any atom is 0.244 e. The van der Waals surface area contributed by atoms with Gasteiger partial charge in [-0.25, -0.2) is 22.1 Å². The van der Waals surface area contributed by atoms with Crippen molar-refractivity contribution in [1.82, 2.24) is 19.5 Å². The number of carbonyl (C=O) groups excluding carboxylic acids is 2. The first-order valence-electron chi connectivity index (χ1n) is 9.43. The van der Waals surface area contributed by atoms with E-state index in [-0.39, 0.29) is 41.4 Å². The predicted molar refractivity (Wildman–Crippen MR) is 116 cm³/mol. The Morgan fingerprint density at radius 1 is 1.13 bits per heavy atom. The Bertz CT molecular complexity index is 997. The third kappa shape index (κ3) is 7.30. The van der Waals surface area contributed by atoms with E-state index in [1.165, 1.54) is 43.4 Å². The number of likely N-dealkylation sites (N-methyl/N-ethyl adjacent to an activating group) is 1. The van der Waals surface area contributed by atoms with E-state index in [0.717, 1.165) is 21.6 Å². The summed E-state index contributed by atoms with van der Waals surface area (Å²) < 4.78 is 38.1. The number of hydrogen-bond donors (Lipinski definition) is 1. The molecule has 11 heteroatoms. The largest absolute Gasteiger partial charge is 0.350 e. The molecule has 0 saturated heterocycles. The number of hydrogen-bond acceptors (Lipinski definition) is 6. The van der Waals surface area contributed by atoms with Crippen molar-refractivity contribution >= 4 is 33.6 Å². The molecule has 31 heavy (non-hydrogen) atoms. The number of sulfonamides is 1. The number of nitrogens with zero attached hydrogens (tertiary/aromatic N) is 3. The Labute approximate surface area is 185 Å². The van der Waals surface area contributed by atoms with Gasteiger partial charge in [0.25, 0.3) is 0 Å². The number of rotatable bonds is 10. The molecule has 1 aromatic carbocycles. The first-order chi connectivity index (χ1) is 14.6. The second-order valence-corrected chi connectivity index (χ2v) is 9.87. The van der Waals surface area contributed by atoms with Gasteiger partial charge in [-0.15, -0.1) is 0 Å². The molecule has 0 radical (unpaired) electrons. The van der Waals surface area contributed by atoms with Crippen LogP contribution >= 0.6 is 11.8 Å². The van der Waals surface area contributed by atoms with Crippen LogP contribution < -0.4 is 5.32 Å². The average Bonchev–Trinajstić information content (AvgIpc) is 2.75. The van der Waals surface area contributed by atoms with Gasteiger partial charge in [0.2, 0.25) is 21.8 Å². The number of pyridine rings is 1.